The number of nitrogens with zero attached hydrogens (tertiary/aromatic N) is 2. The molecule has 1 saturated carbocycles. The van der Waals surface area contributed by atoms with Crippen LogP contribution in [0.5, 0.6) is 5.75 Å². The number of carbonyl (C=O) groups excluding carboxylic acids is 2. The molecule has 1 fully saturated rings. The van der Waals surface area contributed by atoms with Gasteiger partial charge in [0.25, 0.3) is 0 Å². The third kappa shape index (κ3) is 8.79. The molecule has 0 aromatic heterocycles. The van der Waals surface area contributed by atoms with Gasteiger partial charge in [-0.25, -0.2) is 8.42 Å². The molecule has 1 aliphatic carbocycles. The average Bonchev–Trinajstić information content (AvgIpc) is 3.48. The van der Waals surface area contributed by atoms with E-state index in [0.29, 0.717) is 11.3 Å². The molecule has 2 amide bonds. The predicted molar refractivity (Wildman–Crippen MR) is 172 cm³/mol. The van der Waals surface area contributed by atoms with E-state index in [4.69, 9.17) is 39.5 Å². The van der Waals surface area contributed by atoms with E-state index in [-0.39, 0.29) is 45.7 Å². The third-order valence-corrected chi connectivity index (χ3v) is 9.55. The van der Waals surface area contributed by atoms with Crippen LogP contribution in [0, 0.1) is 0 Å². The molecule has 43 heavy (non-hydrogen) atoms. The topological polar surface area (TPSA) is 96.0 Å². The third-order valence-electron chi connectivity index (χ3n) is 7.40. The molecule has 0 unspecified atom stereocenters. The summed E-state index contributed by atoms with van der Waals surface area (Å²) in [5, 5.41) is 3.36. The van der Waals surface area contributed by atoms with E-state index >= 15 is 0 Å². The normalized spacial score (nSPS) is 14.3. The summed E-state index contributed by atoms with van der Waals surface area (Å²) in [6.45, 7) is -0.596. The van der Waals surface area contributed by atoms with Crippen molar-refractivity contribution in [1.82, 2.24) is 10.2 Å². The molecule has 4 rings (SSSR count). The lowest BCUT2D eigenvalue weighted by Gasteiger charge is -2.34. The minimum atomic E-state index is -4.03. The van der Waals surface area contributed by atoms with Gasteiger partial charge in [0.15, 0.2) is 0 Å². The number of amides is 2. The average molecular weight is 667 g/mol. The first kappa shape index (κ1) is 32.9. The SMILES string of the molecule is COc1cccc(CN(C(=O)CN(c2cc(Cl)c(Cl)cc2Cl)S(C)(=O)=O)[C@@H](Cc2ccccc2)C(=O)NC2CCCC2)c1. The molecule has 3 aromatic rings. The maximum atomic E-state index is 14.3. The number of carbonyl (C=O) groups is 2. The molecule has 1 N–H and O–H groups in total. The monoisotopic (exact) mass is 665 g/mol. The Hall–Kier alpha value is -2.98. The standard InChI is InChI=1S/C31H34Cl3N3O5S/c1-42-24-14-8-11-22(15-24)19-36(29(16-21-9-4-3-5-10-21)31(39)35-23-12-6-7-13-23)30(38)20-37(43(2,40)41)28-18-26(33)25(32)17-27(28)34/h3-5,8-11,14-15,17-18,23,29H,6-7,12-13,16,19-20H2,1-2H3,(H,35,39)/t29-/m0/s1. The summed E-state index contributed by atoms with van der Waals surface area (Å²) >= 11 is 18.7. The number of rotatable bonds is 12. The van der Waals surface area contributed by atoms with E-state index in [1.807, 2.05) is 36.4 Å². The minimum absolute atomic E-state index is 0.00302. The van der Waals surface area contributed by atoms with Crippen LogP contribution in [0.4, 0.5) is 5.69 Å². The number of halogens is 3. The first-order valence-electron chi connectivity index (χ1n) is 13.8. The molecule has 0 heterocycles. The van der Waals surface area contributed by atoms with Crippen molar-refractivity contribution in [1.29, 1.82) is 0 Å². The van der Waals surface area contributed by atoms with Crippen molar-refractivity contribution in [2.45, 2.75) is 50.7 Å². The van der Waals surface area contributed by atoms with E-state index in [0.717, 1.165) is 41.8 Å². The molecule has 0 spiro atoms. The smallest absolute Gasteiger partial charge is 0.244 e. The van der Waals surface area contributed by atoms with Crippen LogP contribution in [0.2, 0.25) is 15.1 Å². The highest BCUT2D eigenvalue weighted by Crippen LogP contribution is 2.36. The Morgan fingerprint density at radius 3 is 2.23 bits per heavy atom. The molecule has 12 heteroatoms. The first-order chi connectivity index (χ1) is 20.5. The molecule has 0 radical (unpaired) electrons. The molecule has 0 aliphatic heterocycles. The summed E-state index contributed by atoms with van der Waals surface area (Å²) in [6, 6.07) is 18.3. The number of benzene rings is 3. The van der Waals surface area contributed by atoms with Crippen molar-refractivity contribution >= 4 is 62.3 Å². The minimum Gasteiger partial charge on any atom is -0.497 e. The number of sulfonamides is 1. The van der Waals surface area contributed by atoms with Gasteiger partial charge in [-0.15, -0.1) is 0 Å². The molecule has 3 aromatic carbocycles. The quantitative estimate of drug-likeness (QED) is 0.235. The highest BCUT2D eigenvalue weighted by atomic mass is 35.5. The zero-order valence-electron chi connectivity index (χ0n) is 23.9. The summed E-state index contributed by atoms with van der Waals surface area (Å²) in [5.41, 5.74) is 1.56. The van der Waals surface area contributed by atoms with Crippen molar-refractivity contribution in [2.24, 2.45) is 0 Å². The molecular formula is C31H34Cl3N3O5S. The van der Waals surface area contributed by atoms with Crippen LogP contribution in [0.25, 0.3) is 0 Å². The molecule has 0 bridgehead atoms. The van der Waals surface area contributed by atoms with Crippen molar-refractivity contribution in [3.05, 3.63) is 92.9 Å². The summed E-state index contributed by atoms with van der Waals surface area (Å²) in [5.74, 6) is -0.316. The van der Waals surface area contributed by atoms with Crippen LogP contribution < -0.4 is 14.4 Å². The van der Waals surface area contributed by atoms with Crippen molar-refractivity contribution in [3.8, 4) is 5.75 Å². The van der Waals surface area contributed by atoms with Gasteiger partial charge in [-0.1, -0.05) is 90.1 Å². The van der Waals surface area contributed by atoms with Crippen LogP contribution in [-0.2, 0) is 32.6 Å². The van der Waals surface area contributed by atoms with Crippen LogP contribution in [0.1, 0.15) is 36.8 Å². The zero-order chi connectivity index (χ0) is 31.1. The van der Waals surface area contributed by atoms with E-state index in [1.165, 1.54) is 17.0 Å². The highest BCUT2D eigenvalue weighted by Gasteiger charge is 2.35. The molecule has 1 atom stereocenters. The summed E-state index contributed by atoms with van der Waals surface area (Å²) in [7, 11) is -2.48. The van der Waals surface area contributed by atoms with Crippen LogP contribution >= 0.6 is 34.8 Å². The second-order valence-electron chi connectivity index (χ2n) is 10.6. The van der Waals surface area contributed by atoms with E-state index in [2.05, 4.69) is 5.32 Å². The Morgan fingerprint density at radius 1 is 0.930 bits per heavy atom. The van der Waals surface area contributed by atoms with E-state index in [1.54, 1.807) is 25.3 Å². The maximum Gasteiger partial charge on any atom is 0.244 e. The lowest BCUT2D eigenvalue weighted by molar-refractivity contribution is -0.140. The Bertz CT molecular complexity index is 1550. The van der Waals surface area contributed by atoms with Crippen molar-refractivity contribution in [3.63, 3.8) is 0 Å². The van der Waals surface area contributed by atoms with Crippen molar-refractivity contribution in [2.75, 3.05) is 24.2 Å². The molecule has 0 saturated heterocycles. The summed E-state index contributed by atoms with van der Waals surface area (Å²) in [4.78, 5) is 29.6. The van der Waals surface area contributed by atoms with Gasteiger partial charge >= 0.3 is 0 Å². The molecule has 230 valence electrons. The van der Waals surface area contributed by atoms with Gasteiger partial charge in [0.05, 0.1) is 34.1 Å². The number of methoxy groups -OCH3 is 1. The highest BCUT2D eigenvalue weighted by molar-refractivity contribution is 7.92. The predicted octanol–water partition coefficient (Wildman–Crippen LogP) is 6.12. The Kier molecular flexibility index (Phi) is 11.2. The fourth-order valence-corrected chi connectivity index (χ4v) is 6.73. The van der Waals surface area contributed by atoms with E-state index in [9.17, 15) is 18.0 Å². The van der Waals surface area contributed by atoms with Crippen LogP contribution in [0.15, 0.2) is 66.7 Å². The summed E-state index contributed by atoms with van der Waals surface area (Å²) in [6.07, 6.45) is 4.97. The van der Waals surface area contributed by atoms with Crippen molar-refractivity contribution < 1.29 is 22.7 Å². The number of hydrogen-bond acceptors (Lipinski definition) is 5. The number of ether oxygens (including phenoxy) is 1. The Balaban J connectivity index is 1.76. The molecule has 1 aliphatic rings. The number of anilines is 1. The van der Waals surface area contributed by atoms with Gasteiger partial charge in [0.2, 0.25) is 21.8 Å². The first-order valence-corrected chi connectivity index (χ1v) is 16.8. The molecule has 8 nitrogen and oxygen atoms in total. The van der Waals surface area contributed by atoms with Crippen LogP contribution in [0.3, 0.4) is 0 Å². The second kappa shape index (κ2) is 14.7. The van der Waals surface area contributed by atoms with E-state index < -0.39 is 28.5 Å². The second-order valence-corrected chi connectivity index (χ2v) is 13.7. The summed E-state index contributed by atoms with van der Waals surface area (Å²) < 4.78 is 32.3. The fraction of sp³-hybridized carbons (Fsp3) is 0.355. The lowest BCUT2D eigenvalue weighted by Crippen LogP contribution is -2.54. The fourth-order valence-electron chi connectivity index (χ4n) is 5.19. The molecular weight excluding hydrogens is 633 g/mol. The maximum absolute atomic E-state index is 14.3. The van der Waals surface area contributed by atoms with Gasteiger partial charge < -0.3 is 15.0 Å². The van der Waals surface area contributed by atoms with Gasteiger partial charge in [0.1, 0.15) is 18.3 Å². The van der Waals surface area contributed by atoms with Crippen LogP contribution in [-0.4, -0.2) is 57.1 Å². The largest absolute Gasteiger partial charge is 0.497 e. The van der Waals surface area contributed by atoms with Gasteiger partial charge in [-0.3, -0.25) is 13.9 Å². The number of nitrogens with one attached hydrogen (secondary N) is 1. The zero-order valence-corrected chi connectivity index (χ0v) is 27.0. The van der Waals surface area contributed by atoms with Gasteiger partial charge in [-0.2, -0.15) is 0 Å². The Morgan fingerprint density at radius 2 is 1.58 bits per heavy atom. The Labute approximate surface area is 267 Å². The van der Waals surface area contributed by atoms with Gasteiger partial charge in [-0.05, 0) is 48.2 Å². The van der Waals surface area contributed by atoms with Gasteiger partial charge in [0, 0.05) is 19.0 Å². The number of hydrogen-bond donors (Lipinski definition) is 1. The lowest BCUT2D eigenvalue weighted by atomic mass is 10.0.